The summed E-state index contributed by atoms with van der Waals surface area (Å²) >= 11 is 0. The monoisotopic (exact) mass is 301 g/mol. The van der Waals surface area contributed by atoms with Crippen molar-refractivity contribution in [1.29, 1.82) is 0 Å². The van der Waals surface area contributed by atoms with Gasteiger partial charge in [-0.2, -0.15) is 0 Å². The fourth-order valence-corrected chi connectivity index (χ4v) is 2.70. The van der Waals surface area contributed by atoms with Crippen LogP contribution in [0, 0.1) is 5.82 Å². The second-order valence-electron chi connectivity index (χ2n) is 5.42. The Labute approximate surface area is 127 Å². The van der Waals surface area contributed by atoms with Crippen LogP contribution < -0.4 is 0 Å². The number of piperidine rings is 1. The molecule has 1 aliphatic heterocycles. The topological polar surface area (TPSA) is 66.3 Å². The van der Waals surface area contributed by atoms with Crippen LogP contribution in [0.2, 0.25) is 0 Å². The Hall–Kier alpha value is -2.34. The first-order valence-electron chi connectivity index (χ1n) is 7.12. The van der Waals surface area contributed by atoms with E-state index in [1.165, 1.54) is 30.7 Å². The summed E-state index contributed by atoms with van der Waals surface area (Å²) in [5, 5.41) is 10.7. The second-order valence-corrected chi connectivity index (χ2v) is 5.42. The van der Waals surface area contributed by atoms with Crippen molar-refractivity contribution in [2.45, 2.75) is 18.4 Å². The van der Waals surface area contributed by atoms with E-state index in [2.05, 4.69) is 9.97 Å². The average molecular weight is 301 g/mol. The molecule has 1 amide bonds. The molecule has 6 heteroatoms. The third-order valence-corrected chi connectivity index (χ3v) is 4.04. The van der Waals surface area contributed by atoms with Crippen LogP contribution in [-0.2, 0) is 5.60 Å². The number of rotatable bonds is 2. The molecule has 22 heavy (non-hydrogen) atoms. The number of nitrogens with zero attached hydrogens (tertiary/aromatic N) is 3. The van der Waals surface area contributed by atoms with Crippen molar-refractivity contribution in [2.75, 3.05) is 13.1 Å². The van der Waals surface area contributed by atoms with Crippen molar-refractivity contribution in [2.24, 2.45) is 0 Å². The zero-order chi connectivity index (χ0) is 15.6. The maximum absolute atomic E-state index is 13.0. The Morgan fingerprint density at radius 2 is 1.86 bits per heavy atom. The zero-order valence-corrected chi connectivity index (χ0v) is 11.9. The van der Waals surface area contributed by atoms with Crippen molar-refractivity contribution >= 4 is 5.91 Å². The van der Waals surface area contributed by atoms with Crippen molar-refractivity contribution in [3.05, 3.63) is 59.9 Å². The lowest BCUT2D eigenvalue weighted by Crippen LogP contribution is -2.45. The molecule has 0 radical (unpaired) electrons. The Morgan fingerprint density at radius 1 is 1.18 bits per heavy atom. The molecule has 5 nitrogen and oxygen atoms in total. The van der Waals surface area contributed by atoms with E-state index in [1.807, 2.05) is 0 Å². The molecule has 0 saturated carbocycles. The highest BCUT2D eigenvalue weighted by atomic mass is 19.1. The van der Waals surface area contributed by atoms with Crippen LogP contribution in [0.15, 0.2) is 42.9 Å². The SMILES string of the molecule is O=C(c1cnccn1)N1CCC(O)(c2ccc(F)cc2)CC1. The molecular weight excluding hydrogens is 285 g/mol. The van der Waals surface area contributed by atoms with E-state index in [9.17, 15) is 14.3 Å². The van der Waals surface area contributed by atoms with Crippen LogP contribution in [0.4, 0.5) is 4.39 Å². The van der Waals surface area contributed by atoms with Gasteiger partial charge in [0.1, 0.15) is 11.5 Å². The predicted octanol–water partition coefficient (Wildman–Crippen LogP) is 1.74. The van der Waals surface area contributed by atoms with Gasteiger partial charge >= 0.3 is 0 Å². The van der Waals surface area contributed by atoms with Crippen molar-refractivity contribution < 1.29 is 14.3 Å². The van der Waals surface area contributed by atoms with Gasteiger partial charge in [0.05, 0.1) is 11.8 Å². The first kappa shape index (κ1) is 14.6. The highest BCUT2D eigenvalue weighted by Gasteiger charge is 2.35. The number of hydrogen-bond acceptors (Lipinski definition) is 4. The Morgan fingerprint density at radius 3 is 2.45 bits per heavy atom. The fraction of sp³-hybridized carbons (Fsp3) is 0.312. The largest absolute Gasteiger partial charge is 0.385 e. The molecule has 1 aromatic carbocycles. The molecule has 1 N–H and O–H groups in total. The Bertz CT molecular complexity index is 653. The summed E-state index contributed by atoms with van der Waals surface area (Å²) in [7, 11) is 0. The van der Waals surface area contributed by atoms with E-state index in [1.54, 1.807) is 17.0 Å². The zero-order valence-electron chi connectivity index (χ0n) is 11.9. The first-order valence-corrected chi connectivity index (χ1v) is 7.12. The number of amides is 1. The van der Waals surface area contributed by atoms with E-state index in [0.29, 0.717) is 37.2 Å². The number of aromatic nitrogens is 2. The molecule has 0 unspecified atom stereocenters. The van der Waals surface area contributed by atoms with Crippen LogP contribution in [0.1, 0.15) is 28.9 Å². The van der Waals surface area contributed by atoms with Crippen LogP contribution in [-0.4, -0.2) is 39.0 Å². The highest BCUT2D eigenvalue weighted by molar-refractivity contribution is 5.92. The van der Waals surface area contributed by atoms with Crippen LogP contribution in [0.25, 0.3) is 0 Å². The van der Waals surface area contributed by atoms with E-state index in [-0.39, 0.29) is 11.7 Å². The van der Waals surface area contributed by atoms with Gasteiger partial charge in [0.15, 0.2) is 0 Å². The van der Waals surface area contributed by atoms with E-state index in [0.717, 1.165) is 0 Å². The quantitative estimate of drug-likeness (QED) is 0.917. The first-order chi connectivity index (χ1) is 10.6. The molecule has 114 valence electrons. The number of carbonyl (C=O) groups excluding carboxylic acids is 1. The average Bonchev–Trinajstić information content (AvgIpc) is 2.56. The van der Waals surface area contributed by atoms with Gasteiger partial charge in [0.2, 0.25) is 0 Å². The molecule has 1 aromatic heterocycles. The maximum atomic E-state index is 13.0. The number of likely N-dealkylation sites (tertiary alicyclic amines) is 1. The van der Waals surface area contributed by atoms with Gasteiger partial charge in [-0.05, 0) is 30.5 Å². The summed E-state index contributed by atoms with van der Waals surface area (Å²) in [6.07, 6.45) is 5.24. The minimum Gasteiger partial charge on any atom is -0.385 e. The number of halogens is 1. The Kier molecular flexibility index (Phi) is 3.85. The van der Waals surface area contributed by atoms with E-state index >= 15 is 0 Å². The van der Waals surface area contributed by atoms with Gasteiger partial charge in [0.25, 0.3) is 5.91 Å². The Balaban J connectivity index is 1.69. The van der Waals surface area contributed by atoms with Crippen LogP contribution in [0.5, 0.6) is 0 Å². The summed E-state index contributed by atoms with van der Waals surface area (Å²) in [4.78, 5) is 21.8. The molecule has 1 fully saturated rings. The number of benzene rings is 1. The molecule has 0 atom stereocenters. The summed E-state index contributed by atoms with van der Waals surface area (Å²) in [6, 6.07) is 5.86. The van der Waals surface area contributed by atoms with E-state index < -0.39 is 5.60 Å². The highest BCUT2D eigenvalue weighted by Crippen LogP contribution is 2.33. The lowest BCUT2D eigenvalue weighted by Gasteiger charge is -2.38. The standard InChI is InChI=1S/C16H16FN3O2/c17-13-3-1-12(2-4-13)16(22)5-9-20(10-6-16)15(21)14-11-18-7-8-19-14/h1-4,7-8,11,22H,5-6,9-10H2. The lowest BCUT2D eigenvalue weighted by atomic mass is 9.84. The van der Waals surface area contributed by atoms with Gasteiger partial charge in [-0.3, -0.25) is 9.78 Å². The van der Waals surface area contributed by atoms with Gasteiger partial charge < -0.3 is 10.0 Å². The van der Waals surface area contributed by atoms with Gasteiger partial charge in [-0.25, -0.2) is 9.37 Å². The second kappa shape index (κ2) is 5.81. The third-order valence-electron chi connectivity index (χ3n) is 4.04. The molecule has 0 bridgehead atoms. The number of aliphatic hydroxyl groups is 1. The van der Waals surface area contributed by atoms with Gasteiger partial charge in [0, 0.05) is 25.5 Å². The van der Waals surface area contributed by atoms with Crippen LogP contribution >= 0.6 is 0 Å². The molecular formula is C16H16FN3O2. The molecule has 1 saturated heterocycles. The van der Waals surface area contributed by atoms with Crippen molar-refractivity contribution in [3.8, 4) is 0 Å². The number of hydrogen-bond donors (Lipinski definition) is 1. The third kappa shape index (κ3) is 2.82. The molecule has 2 heterocycles. The fourth-order valence-electron chi connectivity index (χ4n) is 2.70. The minimum absolute atomic E-state index is 0.186. The lowest BCUT2D eigenvalue weighted by molar-refractivity contribution is -0.0213. The van der Waals surface area contributed by atoms with Gasteiger partial charge in [-0.15, -0.1) is 0 Å². The van der Waals surface area contributed by atoms with E-state index in [4.69, 9.17) is 0 Å². The van der Waals surface area contributed by atoms with Crippen molar-refractivity contribution in [3.63, 3.8) is 0 Å². The molecule has 2 aromatic rings. The summed E-state index contributed by atoms with van der Waals surface area (Å²) < 4.78 is 13.0. The molecule has 0 aliphatic carbocycles. The number of carbonyl (C=O) groups is 1. The van der Waals surface area contributed by atoms with Crippen LogP contribution in [0.3, 0.4) is 0 Å². The summed E-state index contributed by atoms with van der Waals surface area (Å²) in [5.74, 6) is -0.517. The normalized spacial score (nSPS) is 17.3. The molecule has 1 aliphatic rings. The minimum atomic E-state index is -1.02. The molecule has 0 spiro atoms. The maximum Gasteiger partial charge on any atom is 0.274 e. The van der Waals surface area contributed by atoms with Crippen molar-refractivity contribution in [1.82, 2.24) is 14.9 Å². The smallest absolute Gasteiger partial charge is 0.274 e. The molecule has 3 rings (SSSR count). The summed E-state index contributed by atoms with van der Waals surface area (Å²) in [6.45, 7) is 0.840. The predicted molar refractivity (Wildman–Crippen MR) is 77.5 cm³/mol. The summed E-state index contributed by atoms with van der Waals surface area (Å²) in [5.41, 5.74) is -0.0393. The van der Waals surface area contributed by atoms with Gasteiger partial charge in [-0.1, -0.05) is 12.1 Å².